The predicted octanol–water partition coefficient (Wildman–Crippen LogP) is 2.36. The molecule has 2 rings (SSSR count). The fourth-order valence-corrected chi connectivity index (χ4v) is 2.99. The van der Waals surface area contributed by atoms with E-state index in [9.17, 15) is 13.2 Å². The number of benzene rings is 2. The largest absolute Gasteiger partial charge is 0.496 e. The molecule has 7 heteroatoms. The van der Waals surface area contributed by atoms with Crippen molar-refractivity contribution in [2.45, 2.75) is 6.54 Å². The molecule has 0 saturated heterocycles. The van der Waals surface area contributed by atoms with Crippen molar-refractivity contribution in [2.75, 3.05) is 31.8 Å². The number of para-hydroxylation sites is 2. The lowest BCUT2D eigenvalue weighted by Crippen LogP contribution is -2.31. The van der Waals surface area contributed by atoms with Gasteiger partial charge in [0.1, 0.15) is 5.75 Å². The zero-order valence-electron chi connectivity index (χ0n) is 14.8. The van der Waals surface area contributed by atoms with Crippen LogP contribution in [0.5, 0.6) is 5.75 Å². The lowest BCUT2D eigenvalue weighted by atomic mass is 10.1. The van der Waals surface area contributed by atoms with Crippen LogP contribution >= 0.6 is 0 Å². The van der Waals surface area contributed by atoms with Crippen LogP contribution < -0.4 is 9.04 Å². The van der Waals surface area contributed by atoms with Crippen molar-refractivity contribution in [3.63, 3.8) is 0 Å². The van der Waals surface area contributed by atoms with Crippen LogP contribution in [-0.4, -0.2) is 46.7 Å². The molecule has 0 heterocycles. The number of carbonyl (C=O) groups excluding carboxylic acids is 1. The van der Waals surface area contributed by atoms with Gasteiger partial charge in [0.15, 0.2) is 0 Å². The molecule has 25 heavy (non-hydrogen) atoms. The Labute approximate surface area is 148 Å². The Kier molecular flexibility index (Phi) is 5.69. The van der Waals surface area contributed by atoms with E-state index >= 15 is 0 Å². The van der Waals surface area contributed by atoms with E-state index in [-0.39, 0.29) is 5.91 Å². The fraction of sp³-hybridized carbons (Fsp3) is 0.278. The number of nitrogens with zero attached hydrogens (tertiary/aromatic N) is 2. The Bertz CT molecular complexity index is 865. The number of hydrogen-bond donors (Lipinski definition) is 0. The summed E-state index contributed by atoms with van der Waals surface area (Å²) in [5.41, 5.74) is 1.55. The van der Waals surface area contributed by atoms with Crippen LogP contribution in [0.1, 0.15) is 15.9 Å². The minimum absolute atomic E-state index is 0.267. The Balaban J connectivity index is 2.32. The van der Waals surface area contributed by atoms with E-state index in [1.165, 1.54) is 11.9 Å². The molecule has 0 aliphatic heterocycles. The monoisotopic (exact) mass is 362 g/mol. The summed E-state index contributed by atoms with van der Waals surface area (Å²) in [6.07, 6.45) is 1.10. The molecule has 0 atom stereocenters. The van der Waals surface area contributed by atoms with E-state index in [2.05, 4.69) is 0 Å². The summed E-state index contributed by atoms with van der Waals surface area (Å²) >= 11 is 0. The summed E-state index contributed by atoms with van der Waals surface area (Å²) in [4.78, 5) is 14.4. The van der Waals surface area contributed by atoms with Gasteiger partial charge < -0.3 is 9.64 Å². The normalized spacial score (nSPS) is 11.0. The van der Waals surface area contributed by atoms with Crippen LogP contribution in [0.15, 0.2) is 48.5 Å². The van der Waals surface area contributed by atoms with Crippen LogP contribution in [0.2, 0.25) is 0 Å². The maximum atomic E-state index is 12.9. The molecular formula is C18H22N2O4S. The molecular weight excluding hydrogens is 340 g/mol. The molecule has 0 aliphatic rings. The van der Waals surface area contributed by atoms with Crippen molar-refractivity contribution in [1.29, 1.82) is 0 Å². The van der Waals surface area contributed by atoms with Gasteiger partial charge in [-0.05, 0) is 18.2 Å². The summed E-state index contributed by atoms with van der Waals surface area (Å²) in [5, 5.41) is 0. The van der Waals surface area contributed by atoms with Gasteiger partial charge in [-0.3, -0.25) is 9.10 Å². The molecule has 0 spiro atoms. The van der Waals surface area contributed by atoms with Crippen molar-refractivity contribution in [3.8, 4) is 5.75 Å². The number of amides is 1. The maximum absolute atomic E-state index is 12.9. The van der Waals surface area contributed by atoms with E-state index in [0.717, 1.165) is 16.1 Å². The van der Waals surface area contributed by atoms with E-state index in [1.54, 1.807) is 38.4 Å². The van der Waals surface area contributed by atoms with E-state index in [1.807, 2.05) is 24.3 Å². The van der Waals surface area contributed by atoms with Crippen LogP contribution in [0.25, 0.3) is 0 Å². The van der Waals surface area contributed by atoms with Crippen molar-refractivity contribution >= 4 is 21.6 Å². The second-order valence-corrected chi connectivity index (χ2v) is 7.73. The fourth-order valence-electron chi connectivity index (χ4n) is 2.47. The average molecular weight is 362 g/mol. The Morgan fingerprint density at radius 1 is 1.04 bits per heavy atom. The molecule has 0 fully saturated rings. The molecule has 0 unspecified atom stereocenters. The number of hydrogen-bond acceptors (Lipinski definition) is 4. The predicted molar refractivity (Wildman–Crippen MR) is 98.5 cm³/mol. The number of ether oxygens (including phenoxy) is 1. The first-order valence-electron chi connectivity index (χ1n) is 7.66. The zero-order valence-corrected chi connectivity index (χ0v) is 15.6. The van der Waals surface area contributed by atoms with Gasteiger partial charge in [-0.2, -0.15) is 0 Å². The van der Waals surface area contributed by atoms with E-state index in [4.69, 9.17) is 4.74 Å². The lowest BCUT2D eigenvalue weighted by Gasteiger charge is -2.23. The smallest absolute Gasteiger partial charge is 0.256 e. The highest BCUT2D eigenvalue weighted by molar-refractivity contribution is 7.92. The minimum atomic E-state index is -3.46. The topological polar surface area (TPSA) is 66.9 Å². The average Bonchev–Trinajstić information content (AvgIpc) is 2.60. The summed E-state index contributed by atoms with van der Waals surface area (Å²) in [6, 6.07) is 14.1. The first kappa shape index (κ1) is 18.8. The van der Waals surface area contributed by atoms with E-state index in [0.29, 0.717) is 23.5 Å². The minimum Gasteiger partial charge on any atom is -0.496 e. The third kappa shape index (κ3) is 4.30. The Morgan fingerprint density at radius 3 is 2.28 bits per heavy atom. The van der Waals surface area contributed by atoms with Gasteiger partial charge in [-0.25, -0.2) is 8.42 Å². The van der Waals surface area contributed by atoms with Gasteiger partial charge in [-0.1, -0.05) is 30.3 Å². The highest BCUT2D eigenvalue weighted by Gasteiger charge is 2.22. The van der Waals surface area contributed by atoms with Crippen molar-refractivity contribution in [3.05, 3.63) is 59.7 Å². The maximum Gasteiger partial charge on any atom is 0.256 e. The molecule has 6 nitrogen and oxygen atoms in total. The molecule has 0 bridgehead atoms. The summed E-state index contributed by atoms with van der Waals surface area (Å²) in [6.45, 7) is 0.347. The van der Waals surface area contributed by atoms with Crippen LogP contribution in [-0.2, 0) is 16.6 Å². The van der Waals surface area contributed by atoms with Gasteiger partial charge in [0.25, 0.3) is 5.91 Å². The van der Waals surface area contributed by atoms with Crippen molar-refractivity contribution in [2.24, 2.45) is 0 Å². The van der Waals surface area contributed by atoms with Crippen molar-refractivity contribution in [1.82, 2.24) is 4.90 Å². The first-order chi connectivity index (χ1) is 11.8. The van der Waals surface area contributed by atoms with Crippen LogP contribution in [0.4, 0.5) is 5.69 Å². The number of methoxy groups -OCH3 is 1. The standard InChI is InChI=1S/C18H22N2O4S/c1-19(13-14-9-5-8-12-17(14)24-3)18(21)15-10-6-7-11-16(15)20(2)25(4,22)23/h5-12H,13H2,1-4H3. The van der Waals surface area contributed by atoms with Crippen molar-refractivity contribution < 1.29 is 17.9 Å². The third-order valence-corrected chi connectivity index (χ3v) is 5.11. The van der Waals surface area contributed by atoms with Crippen LogP contribution in [0, 0.1) is 0 Å². The second-order valence-electron chi connectivity index (χ2n) is 5.72. The zero-order chi connectivity index (χ0) is 18.6. The number of sulfonamides is 1. The molecule has 0 aliphatic carbocycles. The lowest BCUT2D eigenvalue weighted by molar-refractivity contribution is 0.0785. The first-order valence-corrected chi connectivity index (χ1v) is 9.51. The second kappa shape index (κ2) is 7.57. The Hall–Kier alpha value is -2.54. The highest BCUT2D eigenvalue weighted by Crippen LogP contribution is 2.24. The summed E-state index contributed by atoms with van der Waals surface area (Å²) in [5.74, 6) is 0.431. The summed E-state index contributed by atoms with van der Waals surface area (Å²) in [7, 11) is 1.22. The quantitative estimate of drug-likeness (QED) is 0.791. The Morgan fingerprint density at radius 2 is 1.64 bits per heavy atom. The summed E-state index contributed by atoms with van der Waals surface area (Å²) < 4.78 is 30.1. The molecule has 2 aromatic rings. The van der Waals surface area contributed by atoms with Crippen LogP contribution in [0.3, 0.4) is 0 Å². The molecule has 0 radical (unpaired) electrons. The van der Waals surface area contributed by atoms with Gasteiger partial charge in [0, 0.05) is 26.2 Å². The number of rotatable bonds is 6. The van der Waals surface area contributed by atoms with Gasteiger partial charge in [0.05, 0.1) is 24.6 Å². The van der Waals surface area contributed by atoms with Gasteiger partial charge in [-0.15, -0.1) is 0 Å². The molecule has 0 N–H and O–H groups in total. The molecule has 0 aromatic heterocycles. The van der Waals surface area contributed by atoms with Gasteiger partial charge >= 0.3 is 0 Å². The third-order valence-electron chi connectivity index (χ3n) is 3.92. The highest BCUT2D eigenvalue weighted by atomic mass is 32.2. The number of anilines is 1. The molecule has 2 aromatic carbocycles. The molecule has 1 amide bonds. The molecule has 0 saturated carbocycles. The van der Waals surface area contributed by atoms with Gasteiger partial charge in [0.2, 0.25) is 10.0 Å². The van der Waals surface area contributed by atoms with E-state index < -0.39 is 10.0 Å². The number of carbonyl (C=O) groups is 1. The molecule has 134 valence electrons. The SMILES string of the molecule is COc1ccccc1CN(C)C(=O)c1ccccc1N(C)S(C)(=O)=O.